The van der Waals surface area contributed by atoms with Gasteiger partial charge in [-0.1, -0.05) is 12.1 Å². The van der Waals surface area contributed by atoms with Gasteiger partial charge >= 0.3 is 6.18 Å². The minimum Gasteiger partial charge on any atom is -0.489 e. The fourth-order valence-corrected chi connectivity index (χ4v) is 5.63. The normalized spacial score (nSPS) is 16.5. The van der Waals surface area contributed by atoms with E-state index in [1.807, 2.05) is 0 Å². The Morgan fingerprint density at radius 1 is 1.08 bits per heavy atom. The maximum Gasteiger partial charge on any atom is 0.433 e. The van der Waals surface area contributed by atoms with E-state index in [1.165, 1.54) is 18.2 Å². The summed E-state index contributed by atoms with van der Waals surface area (Å²) in [6.45, 7) is 0.149. The van der Waals surface area contributed by atoms with Crippen LogP contribution >= 0.6 is 0 Å². The molecule has 196 valence electrons. The molecule has 12 heteroatoms. The van der Waals surface area contributed by atoms with Crippen molar-refractivity contribution in [3.8, 4) is 5.75 Å². The lowest BCUT2D eigenvalue weighted by molar-refractivity contribution is -0.141. The van der Waals surface area contributed by atoms with Gasteiger partial charge in [0.15, 0.2) is 0 Å². The molecule has 1 amide bonds. The van der Waals surface area contributed by atoms with Gasteiger partial charge in [-0.25, -0.2) is 12.8 Å². The number of hydrogen-bond donors (Lipinski definition) is 1. The van der Waals surface area contributed by atoms with Crippen LogP contribution in [0.1, 0.15) is 29.7 Å². The van der Waals surface area contributed by atoms with Crippen molar-refractivity contribution in [2.75, 3.05) is 6.54 Å². The number of nitrogens with zero attached hydrogens (tertiary/aromatic N) is 2. The quantitative estimate of drug-likeness (QED) is 0.434. The maximum absolute atomic E-state index is 13.2. The van der Waals surface area contributed by atoms with Crippen LogP contribution in [0.3, 0.4) is 0 Å². The first-order chi connectivity index (χ1) is 17.5. The average molecular weight is 538 g/mol. The van der Waals surface area contributed by atoms with Crippen molar-refractivity contribution in [2.24, 2.45) is 0 Å². The molecular weight excluding hydrogens is 514 g/mol. The molecule has 0 unspecified atom stereocenters. The monoisotopic (exact) mass is 537 g/mol. The van der Waals surface area contributed by atoms with Gasteiger partial charge in [0.25, 0.3) is 0 Å². The topological polar surface area (TPSA) is 88.6 Å². The predicted molar refractivity (Wildman–Crippen MR) is 125 cm³/mol. The summed E-state index contributed by atoms with van der Waals surface area (Å²) < 4.78 is 84.5. The summed E-state index contributed by atoms with van der Waals surface area (Å²) in [6, 6.07) is 12.5. The molecule has 2 heterocycles. The Hall–Kier alpha value is -3.51. The molecular formula is C25H23F4N3O4S. The fourth-order valence-electron chi connectivity index (χ4n) is 3.97. The Morgan fingerprint density at radius 2 is 1.84 bits per heavy atom. The number of aromatic nitrogens is 1. The lowest BCUT2D eigenvalue weighted by Gasteiger charge is -2.23. The summed E-state index contributed by atoms with van der Waals surface area (Å²) >= 11 is 0. The molecule has 1 fully saturated rings. The van der Waals surface area contributed by atoms with E-state index in [0.717, 1.165) is 28.7 Å². The molecule has 0 aliphatic carbocycles. The molecule has 1 aromatic heterocycles. The number of benzene rings is 2. The van der Waals surface area contributed by atoms with E-state index in [0.29, 0.717) is 29.7 Å². The van der Waals surface area contributed by atoms with E-state index in [1.54, 1.807) is 24.3 Å². The second-order valence-corrected chi connectivity index (χ2v) is 10.3. The van der Waals surface area contributed by atoms with Gasteiger partial charge in [-0.15, -0.1) is 0 Å². The molecule has 1 aliphatic rings. The summed E-state index contributed by atoms with van der Waals surface area (Å²) in [7, 11) is -3.97. The molecule has 3 aromatic rings. The molecule has 37 heavy (non-hydrogen) atoms. The minimum absolute atomic E-state index is 0.0877. The molecule has 1 N–H and O–H groups in total. The van der Waals surface area contributed by atoms with Crippen LogP contribution in [0.2, 0.25) is 0 Å². The number of halogens is 4. The molecule has 0 saturated carbocycles. The van der Waals surface area contributed by atoms with Gasteiger partial charge in [0.05, 0.1) is 4.90 Å². The highest BCUT2D eigenvalue weighted by atomic mass is 32.2. The number of rotatable bonds is 8. The molecule has 7 nitrogen and oxygen atoms in total. The van der Waals surface area contributed by atoms with Crippen LogP contribution in [0.5, 0.6) is 5.75 Å². The predicted octanol–water partition coefficient (Wildman–Crippen LogP) is 4.29. The molecule has 0 bridgehead atoms. The largest absolute Gasteiger partial charge is 0.489 e. The summed E-state index contributed by atoms with van der Waals surface area (Å²) in [6.07, 6.45) is -2.63. The summed E-state index contributed by atoms with van der Waals surface area (Å²) in [5.74, 6) is -0.641. The maximum atomic E-state index is 13.2. The van der Waals surface area contributed by atoms with Gasteiger partial charge in [0.2, 0.25) is 15.9 Å². The smallest absolute Gasteiger partial charge is 0.433 e. The number of nitrogens with one attached hydrogen (secondary N) is 1. The Morgan fingerprint density at radius 3 is 2.57 bits per heavy atom. The van der Waals surface area contributed by atoms with E-state index < -0.39 is 39.7 Å². The van der Waals surface area contributed by atoms with E-state index in [2.05, 4.69) is 10.3 Å². The molecule has 1 atom stereocenters. The van der Waals surface area contributed by atoms with Gasteiger partial charge in [0.1, 0.15) is 29.9 Å². The highest BCUT2D eigenvalue weighted by Crippen LogP contribution is 2.28. The lowest BCUT2D eigenvalue weighted by atomic mass is 10.2. The van der Waals surface area contributed by atoms with Gasteiger partial charge in [0, 0.05) is 19.3 Å². The molecule has 0 radical (unpaired) electrons. The number of alkyl halides is 3. The number of ether oxygens (including phenoxy) is 1. The fraction of sp³-hybridized carbons (Fsp3) is 0.280. The zero-order valence-corrected chi connectivity index (χ0v) is 20.2. The van der Waals surface area contributed by atoms with Crippen molar-refractivity contribution in [3.63, 3.8) is 0 Å². The van der Waals surface area contributed by atoms with Crippen LogP contribution < -0.4 is 10.1 Å². The Kier molecular flexibility index (Phi) is 7.79. The van der Waals surface area contributed by atoms with Crippen LogP contribution in [0.25, 0.3) is 0 Å². The highest BCUT2D eigenvalue weighted by Gasteiger charge is 2.39. The molecule has 2 aromatic carbocycles. The van der Waals surface area contributed by atoms with Crippen molar-refractivity contribution in [3.05, 3.63) is 89.5 Å². The molecule has 4 rings (SSSR count). The van der Waals surface area contributed by atoms with E-state index in [4.69, 9.17) is 4.74 Å². The standard InChI is InChI=1S/C25H23F4N3O4S/c26-19-6-8-21(9-7-19)37(34,35)32-12-2-5-22(32)24(33)31-15-17-3-1-4-20(13-17)36-16-18-10-11-30-23(14-18)25(27,28)29/h1,3-4,6-11,13-14,22H,2,5,12,15-16H2,(H,31,33)/t22-/m0/s1. The Labute approximate surface area is 211 Å². The first-order valence-corrected chi connectivity index (χ1v) is 12.8. The zero-order valence-electron chi connectivity index (χ0n) is 19.4. The van der Waals surface area contributed by atoms with Crippen molar-refractivity contribution < 1.29 is 35.5 Å². The third kappa shape index (κ3) is 6.44. The molecule has 0 spiro atoms. The van der Waals surface area contributed by atoms with E-state index >= 15 is 0 Å². The van der Waals surface area contributed by atoms with Gasteiger partial charge < -0.3 is 10.1 Å². The number of hydrogen-bond acceptors (Lipinski definition) is 5. The molecule has 1 saturated heterocycles. The number of carbonyl (C=O) groups excluding carboxylic acids is 1. The summed E-state index contributed by atoms with van der Waals surface area (Å²) in [5, 5.41) is 2.73. The number of amides is 1. The third-order valence-corrected chi connectivity index (χ3v) is 7.73. The van der Waals surface area contributed by atoms with E-state index in [9.17, 15) is 30.8 Å². The van der Waals surface area contributed by atoms with Crippen LogP contribution in [-0.4, -0.2) is 36.2 Å². The number of pyridine rings is 1. The summed E-state index contributed by atoms with van der Waals surface area (Å²) in [5.41, 5.74) is -0.0559. The van der Waals surface area contributed by atoms with Crippen molar-refractivity contribution in [1.29, 1.82) is 0 Å². The third-order valence-electron chi connectivity index (χ3n) is 5.81. The summed E-state index contributed by atoms with van der Waals surface area (Å²) in [4.78, 5) is 16.1. The van der Waals surface area contributed by atoms with E-state index in [-0.39, 0.29) is 24.6 Å². The number of carbonyl (C=O) groups is 1. The van der Waals surface area contributed by atoms with Crippen molar-refractivity contribution in [1.82, 2.24) is 14.6 Å². The Bertz CT molecular complexity index is 1360. The zero-order chi connectivity index (χ0) is 26.6. The number of sulfonamides is 1. The van der Waals surface area contributed by atoms with Crippen LogP contribution in [0.4, 0.5) is 17.6 Å². The van der Waals surface area contributed by atoms with Crippen LogP contribution in [-0.2, 0) is 34.1 Å². The van der Waals surface area contributed by atoms with Gasteiger partial charge in [-0.2, -0.15) is 17.5 Å². The lowest BCUT2D eigenvalue weighted by Crippen LogP contribution is -2.45. The van der Waals surface area contributed by atoms with Gasteiger partial charge in [-0.05, 0) is 72.5 Å². The second kappa shape index (κ2) is 10.9. The Balaban J connectivity index is 1.36. The molecule has 1 aliphatic heterocycles. The minimum atomic E-state index is -4.55. The second-order valence-electron chi connectivity index (χ2n) is 8.43. The SMILES string of the molecule is O=C(NCc1cccc(OCc2ccnc(C(F)(F)F)c2)c1)[C@@H]1CCCN1S(=O)(=O)c1ccc(F)cc1. The van der Waals surface area contributed by atoms with Crippen LogP contribution in [0.15, 0.2) is 71.8 Å². The van der Waals surface area contributed by atoms with Crippen molar-refractivity contribution in [2.45, 2.75) is 43.1 Å². The first kappa shape index (κ1) is 26.6. The van der Waals surface area contributed by atoms with Gasteiger partial charge in [-0.3, -0.25) is 9.78 Å². The highest BCUT2D eigenvalue weighted by molar-refractivity contribution is 7.89. The van der Waals surface area contributed by atoms with Crippen molar-refractivity contribution >= 4 is 15.9 Å². The van der Waals surface area contributed by atoms with Crippen LogP contribution in [0, 0.1) is 5.82 Å². The first-order valence-electron chi connectivity index (χ1n) is 11.3. The average Bonchev–Trinajstić information content (AvgIpc) is 3.38.